The molecule has 0 spiro atoms. The molecule has 3 aliphatic carbocycles. The van der Waals surface area contributed by atoms with E-state index in [1.165, 1.54) is 72.4 Å². The van der Waals surface area contributed by atoms with Crippen molar-refractivity contribution in [2.75, 3.05) is 0 Å². The zero-order valence-electron chi connectivity index (χ0n) is 23.5. The molecule has 5 rings (SSSR count). The van der Waals surface area contributed by atoms with Crippen molar-refractivity contribution in [3.8, 4) is 0 Å². The Bertz CT molecular complexity index is 1400. The number of rotatable bonds is 7. The Morgan fingerprint density at radius 2 is 1.76 bits per heavy atom. The van der Waals surface area contributed by atoms with Crippen molar-refractivity contribution < 1.29 is 0 Å². The van der Waals surface area contributed by atoms with Gasteiger partial charge in [-0.3, -0.25) is 0 Å². The van der Waals surface area contributed by atoms with Crippen LogP contribution in [0.2, 0.25) is 0 Å². The highest BCUT2D eigenvalue weighted by Gasteiger charge is 2.41. The molecule has 0 amide bonds. The van der Waals surface area contributed by atoms with Crippen LogP contribution in [0.25, 0.3) is 5.57 Å². The van der Waals surface area contributed by atoms with Crippen molar-refractivity contribution in [1.82, 2.24) is 0 Å². The van der Waals surface area contributed by atoms with Crippen molar-refractivity contribution >= 4 is 5.57 Å². The second-order valence-electron chi connectivity index (χ2n) is 11.3. The zero-order chi connectivity index (χ0) is 26.3. The number of allylic oxidation sites excluding steroid dienone is 10. The molecule has 2 unspecified atom stereocenters. The number of benzene rings is 2. The summed E-state index contributed by atoms with van der Waals surface area (Å²) >= 11 is 0. The van der Waals surface area contributed by atoms with Crippen molar-refractivity contribution in [3.63, 3.8) is 0 Å². The molecule has 3 aliphatic rings. The monoisotopic (exact) mass is 486 g/mol. The third kappa shape index (κ3) is 4.46. The maximum atomic E-state index is 4.79. The minimum Gasteiger partial charge on any atom is -0.0955 e. The van der Waals surface area contributed by atoms with Gasteiger partial charge in [-0.25, -0.2) is 0 Å². The van der Waals surface area contributed by atoms with E-state index in [-0.39, 0.29) is 0 Å². The summed E-state index contributed by atoms with van der Waals surface area (Å²) in [5.74, 6) is 0.609. The maximum Gasteiger partial charge on any atom is 0.0203 e. The minimum atomic E-state index is 0.296. The van der Waals surface area contributed by atoms with Crippen molar-refractivity contribution in [3.05, 3.63) is 135 Å². The molecule has 0 aliphatic heterocycles. The van der Waals surface area contributed by atoms with E-state index in [1.54, 1.807) is 0 Å². The van der Waals surface area contributed by atoms with Crippen LogP contribution >= 0.6 is 0 Å². The van der Waals surface area contributed by atoms with Gasteiger partial charge < -0.3 is 0 Å². The first-order valence-corrected chi connectivity index (χ1v) is 14.3. The van der Waals surface area contributed by atoms with Crippen molar-refractivity contribution in [2.24, 2.45) is 5.92 Å². The molecule has 0 heteroatoms. The van der Waals surface area contributed by atoms with E-state index in [0.29, 0.717) is 11.8 Å². The van der Waals surface area contributed by atoms with Crippen LogP contribution in [0.1, 0.15) is 87.6 Å². The standard InChI is InChI=1S/C37H42/c1-8-13-23(4)35-25(6)19-31-21-30(22-34-24(5)18-29-14-11-12-15-32(29)34)26(7)36(31)37(35)33-17-16-27(9-2)20-28(33)10-3/h11-12,14-17,19-20,22,36-37H,4,7-10,13,18,21H2,1-3,5-6H3/b30-22+. The molecule has 1 saturated carbocycles. The Morgan fingerprint density at radius 1 is 0.973 bits per heavy atom. The van der Waals surface area contributed by atoms with Gasteiger partial charge in [0.05, 0.1) is 0 Å². The molecule has 37 heavy (non-hydrogen) atoms. The fraction of sp³-hybridized carbons (Fsp3) is 0.351. The lowest BCUT2D eigenvalue weighted by Gasteiger charge is -2.36. The van der Waals surface area contributed by atoms with Crippen LogP contribution in [0.4, 0.5) is 0 Å². The van der Waals surface area contributed by atoms with E-state index in [2.05, 4.69) is 95.8 Å². The van der Waals surface area contributed by atoms with E-state index < -0.39 is 0 Å². The molecule has 0 nitrogen and oxygen atoms in total. The van der Waals surface area contributed by atoms with Gasteiger partial charge >= 0.3 is 0 Å². The van der Waals surface area contributed by atoms with Crippen LogP contribution in [0, 0.1) is 5.92 Å². The second kappa shape index (κ2) is 10.3. The molecule has 0 radical (unpaired) electrons. The van der Waals surface area contributed by atoms with Gasteiger partial charge in [0.15, 0.2) is 0 Å². The highest BCUT2D eigenvalue weighted by molar-refractivity contribution is 5.84. The average molecular weight is 487 g/mol. The first-order valence-electron chi connectivity index (χ1n) is 14.3. The van der Waals surface area contributed by atoms with E-state index in [4.69, 9.17) is 6.58 Å². The molecule has 2 aromatic carbocycles. The molecular weight excluding hydrogens is 444 g/mol. The summed E-state index contributed by atoms with van der Waals surface area (Å²) in [5, 5.41) is 0. The van der Waals surface area contributed by atoms with Gasteiger partial charge in [0.2, 0.25) is 0 Å². The lowest BCUT2D eigenvalue weighted by molar-refractivity contribution is 0.614. The molecular formula is C37H42. The van der Waals surface area contributed by atoms with Crippen LogP contribution in [0.3, 0.4) is 0 Å². The quantitative estimate of drug-likeness (QED) is 0.365. The number of aryl methyl sites for hydroxylation is 2. The highest BCUT2D eigenvalue weighted by atomic mass is 14.4. The third-order valence-corrected chi connectivity index (χ3v) is 8.86. The van der Waals surface area contributed by atoms with Gasteiger partial charge in [-0.15, -0.1) is 0 Å². The zero-order valence-corrected chi connectivity index (χ0v) is 23.5. The van der Waals surface area contributed by atoms with Crippen LogP contribution in [0.5, 0.6) is 0 Å². The Balaban J connectivity index is 1.62. The molecule has 0 N–H and O–H groups in total. The smallest absolute Gasteiger partial charge is 0.0203 e. The predicted octanol–water partition coefficient (Wildman–Crippen LogP) is 10.0. The van der Waals surface area contributed by atoms with Gasteiger partial charge in [-0.05, 0) is 102 Å². The van der Waals surface area contributed by atoms with E-state index >= 15 is 0 Å². The Kier molecular flexibility index (Phi) is 7.13. The van der Waals surface area contributed by atoms with Gasteiger partial charge in [-0.2, -0.15) is 0 Å². The Morgan fingerprint density at radius 3 is 2.49 bits per heavy atom. The topological polar surface area (TPSA) is 0 Å². The van der Waals surface area contributed by atoms with E-state index in [1.807, 2.05) is 0 Å². The van der Waals surface area contributed by atoms with Crippen molar-refractivity contribution in [1.29, 1.82) is 0 Å². The van der Waals surface area contributed by atoms with E-state index in [9.17, 15) is 0 Å². The van der Waals surface area contributed by atoms with Crippen LogP contribution in [-0.2, 0) is 19.3 Å². The summed E-state index contributed by atoms with van der Waals surface area (Å²) in [6.07, 6.45) is 11.3. The van der Waals surface area contributed by atoms with Gasteiger partial charge in [0.25, 0.3) is 0 Å². The first-order chi connectivity index (χ1) is 17.9. The number of hydrogen-bond donors (Lipinski definition) is 0. The SMILES string of the molecule is C=C(CCC)C1=C(C)C=C2C/C(=C\C3=C(C)Cc4ccccc43)C(=C)C2C1c1ccc(CC)cc1CC. The molecule has 0 aromatic heterocycles. The lowest BCUT2D eigenvalue weighted by Crippen LogP contribution is -2.22. The van der Waals surface area contributed by atoms with Crippen LogP contribution in [-0.4, -0.2) is 0 Å². The first kappa shape index (κ1) is 25.5. The lowest BCUT2D eigenvalue weighted by atomic mass is 9.68. The average Bonchev–Trinajstić information content (AvgIpc) is 3.38. The van der Waals surface area contributed by atoms with Crippen LogP contribution in [0.15, 0.2) is 107 Å². The molecule has 0 heterocycles. The van der Waals surface area contributed by atoms with Gasteiger partial charge in [0.1, 0.15) is 0 Å². The van der Waals surface area contributed by atoms with Crippen molar-refractivity contribution in [2.45, 2.75) is 79.1 Å². The summed E-state index contributed by atoms with van der Waals surface area (Å²) in [6, 6.07) is 16.1. The summed E-state index contributed by atoms with van der Waals surface area (Å²) < 4.78 is 0. The molecule has 0 saturated heterocycles. The molecule has 2 aromatic rings. The van der Waals surface area contributed by atoms with Gasteiger partial charge in [0, 0.05) is 11.8 Å². The summed E-state index contributed by atoms with van der Waals surface area (Å²) in [5.41, 5.74) is 18.5. The predicted molar refractivity (Wildman–Crippen MR) is 161 cm³/mol. The maximum absolute atomic E-state index is 4.79. The third-order valence-electron chi connectivity index (χ3n) is 8.86. The largest absolute Gasteiger partial charge is 0.0955 e. The molecule has 2 atom stereocenters. The van der Waals surface area contributed by atoms with E-state index in [0.717, 1.165) is 38.5 Å². The summed E-state index contributed by atoms with van der Waals surface area (Å²) in [4.78, 5) is 0. The number of fused-ring (bicyclic) bond motifs is 2. The normalized spacial score (nSPS) is 22.0. The second-order valence-corrected chi connectivity index (χ2v) is 11.3. The van der Waals surface area contributed by atoms with Gasteiger partial charge in [-0.1, -0.05) is 112 Å². The fourth-order valence-corrected chi connectivity index (χ4v) is 7.02. The molecule has 0 bridgehead atoms. The Labute approximate surface area is 224 Å². The fourth-order valence-electron chi connectivity index (χ4n) is 7.02. The Hall–Kier alpha value is -3.12. The minimum absolute atomic E-state index is 0.296. The molecule has 1 fully saturated rings. The summed E-state index contributed by atoms with van der Waals surface area (Å²) in [6.45, 7) is 20.8. The highest BCUT2D eigenvalue weighted by Crippen LogP contribution is 2.56. The number of hydrogen-bond acceptors (Lipinski definition) is 0. The van der Waals surface area contributed by atoms with Crippen LogP contribution < -0.4 is 0 Å². The summed E-state index contributed by atoms with van der Waals surface area (Å²) in [7, 11) is 0. The molecule has 190 valence electrons.